The van der Waals surface area contributed by atoms with Gasteiger partial charge in [0.1, 0.15) is 0 Å². The van der Waals surface area contributed by atoms with Gasteiger partial charge in [0, 0.05) is 0 Å². The van der Waals surface area contributed by atoms with Crippen molar-refractivity contribution in [1.82, 2.24) is 0 Å². The molecule has 0 aromatic heterocycles. The van der Waals surface area contributed by atoms with Gasteiger partial charge < -0.3 is 0 Å². The van der Waals surface area contributed by atoms with E-state index >= 15 is 0 Å². The first-order chi connectivity index (χ1) is 6.45. The summed E-state index contributed by atoms with van der Waals surface area (Å²) >= 11 is 1.60. The first-order valence-electron chi connectivity index (χ1n) is 4.14. The number of hydrogen-bond donors (Lipinski definition) is 0. The Morgan fingerprint density at radius 2 is 0.923 bits per heavy atom. The molecule has 0 spiro atoms. The number of benzene rings is 2. The van der Waals surface area contributed by atoms with Crippen LogP contribution in [0.5, 0.6) is 0 Å². The van der Waals surface area contributed by atoms with Gasteiger partial charge in [-0.15, -0.1) is 0 Å². The Balaban J connectivity index is 2.16. The molecule has 0 aliphatic rings. The molecule has 0 atom stereocenters. The van der Waals surface area contributed by atoms with E-state index in [1.165, 1.54) is 9.07 Å². The second-order valence-electron chi connectivity index (χ2n) is 2.60. The van der Waals surface area contributed by atoms with Crippen LogP contribution in [-0.2, 0) is 14.4 Å². The van der Waals surface area contributed by atoms with Gasteiger partial charge in [-0.2, -0.15) is 0 Å². The van der Waals surface area contributed by atoms with Gasteiger partial charge in [-0.25, -0.2) is 0 Å². The Kier molecular flexibility index (Phi) is 2.79. The van der Waals surface area contributed by atoms with Crippen molar-refractivity contribution in [2.24, 2.45) is 0 Å². The third-order valence-electron chi connectivity index (χ3n) is 1.61. The molecule has 0 amide bonds. The molecule has 0 saturated carbocycles. The van der Waals surface area contributed by atoms with Gasteiger partial charge in [-0.3, -0.25) is 0 Å². The fourth-order valence-electron chi connectivity index (χ4n) is 1.02. The van der Waals surface area contributed by atoms with Crippen LogP contribution in [0.25, 0.3) is 0 Å². The summed E-state index contributed by atoms with van der Waals surface area (Å²) in [7, 11) is 0. The van der Waals surface area contributed by atoms with E-state index in [0.717, 1.165) is 0 Å². The molecule has 2 rings (SSSR count). The van der Waals surface area contributed by atoms with Crippen LogP contribution in [0.1, 0.15) is 0 Å². The first-order valence-corrected chi connectivity index (χ1v) is 5.13. The molecule has 0 radical (unpaired) electrons. The van der Waals surface area contributed by atoms with Crippen molar-refractivity contribution in [2.45, 2.75) is 0 Å². The van der Waals surface area contributed by atoms with Gasteiger partial charge in [0.25, 0.3) is 0 Å². The molecule has 0 heterocycles. The average molecular weight is 213 g/mol. The van der Waals surface area contributed by atoms with E-state index in [9.17, 15) is 0 Å². The molecule has 2 aromatic carbocycles. The molecule has 13 heavy (non-hydrogen) atoms. The second-order valence-corrected chi connectivity index (χ2v) is 3.99. The maximum atomic E-state index is 2.13. The van der Waals surface area contributed by atoms with Crippen LogP contribution in [0.4, 0.5) is 0 Å². The maximum absolute atomic E-state index is 2.13. The molecule has 0 aliphatic heterocycles. The number of hydrogen-bond acceptors (Lipinski definition) is 0. The second kappa shape index (κ2) is 4.25. The molecule has 0 bridgehead atoms. The van der Waals surface area contributed by atoms with Crippen LogP contribution < -0.4 is 9.07 Å². The summed E-state index contributed by atoms with van der Waals surface area (Å²) in [4.78, 5) is 0. The van der Waals surface area contributed by atoms with Gasteiger partial charge in [-0.05, 0) is 0 Å². The van der Waals surface area contributed by atoms with E-state index < -0.39 is 0 Å². The van der Waals surface area contributed by atoms with Crippen LogP contribution >= 0.6 is 0 Å². The van der Waals surface area contributed by atoms with Crippen molar-refractivity contribution in [3.05, 3.63) is 60.7 Å². The van der Waals surface area contributed by atoms with Crippen molar-refractivity contribution in [3.63, 3.8) is 0 Å². The molecule has 1 heteroatoms. The Morgan fingerprint density at radius 3 is 1.31 bits per heavy atom. The monoisotopic (exact) mass is 212 g/mol. The zero-order valence-corrected chi connectivity index (χ0v) is 8.08. The Morgan fingerprint density at radius 1 is 0.538 bits per heavy atom. The minimum atomic E-state index is 1.31. The molecule has 0 saturated heterocycles. The van der Waals surface area contributed by atoms with Crippen molar-refractivity contribution in [3.8, 4) is 0 Å². The fourth-order valence-corrected chi connectivity index (χ4v) is 2.05. The first kappa shape index (κ1) is 8.53. The van der Waals surface area contributed by atoms with E-state index in [2.05, 4.69) is 48.5 Å². The van der Waals surface area contributed by atoms with E-state index in [1.807, 2.05) is 12.1 Å². The van der Waals surface area contributed by atoms with Crippen LogP contribution in [0.15, 0.2) is 60.7 Å². The molecule has 0 nitrogen and oxygen atoms in total. The average Bonchev–Trinajstić information content (AvgIpc) is 2.21. The van der Waals surface area contributed by atoms with E-state index in [0.29, 0.717) is 0 Å². The third-order valence-corrected chi connectivity index (χ3v) is 2.84. The molecule has 0 aliphatic carbocycles. The summed E-state index contributed by atoms with van der Waals surface area (Å²) in [6.07, 6.45) is 0. The third kappa shape index (κ3) is 2.43. The minimum absolute atomic E-state index is 1.31. The van der Waals surface area contributed by atoms with Gasteiger partial charge in [-0.1, -0.05) is 0 Å². The van der Waals surface area contributed by atoms with E-state index in [1.54, 1.807) is 14.4 Å². The standard InChI is InChI=1S/2C6H5.Ni/c2*1-2-4-6-5-3-1;/h2*1-5H;. The van der Waals surface area contributed by atoms with Crippen molar-refractivity contribution in [2.75, 3.05) is 0 Å². The molecule has 0 fully saturated rings. The predicted molar refractivity (Wildman–Crippen MR) is 52.2 cm³/mol. The summed E-state index contributed by atoms with van der Waals surface area (Å²) in [5.74, 6) is 0. The zero-order chi connectivity index (χ0) is 8.93. The molecular weight excluding hydrogens is 203 g/mol. The summed E-state index contributed by atoms with van der Waals surface area (Å²) in [5.41, 5.74) is 0. The van der Waals surface area contributed by atoms with Crippen molar-refractivity contribution >= 4 is 9.07 Å². The summed E-state index contributed by atoms with van der Waals surface area (Å²) in [6.45, 7) is 0. The van der Waals surface area contributed by atoms with Crippen molar-refractivity contribution < 1.29 is 14.4 Å². The molecule has 0 unspecified atom stereocenters. The predicted octanol–water partition coefficient (Wildman–Crippen LogP) is 1.72. The molecule has 0 N–H and O–H groups in total. The summed E-state index contributed by atoms with van der Waals surface area (Å²) in [6, 6.07) is 20.9. The summed E-state index contributed by atoms with van der Waals surface area (Å²) in [5, 5.41) is 0. The van der Waals surface area contributed by atoms with E-state index in [-0.39, 0.29) is 0 Å². The zero-order valence-electron chi connectivity index (χ0n) is 7.09. The van der Waals surface area contributed by atoms with Crippen LogP contribution in [-0.4, -0.2) is 0 Å². The number of rotatable bonds is 2. The van der Waals surface area contributed by atoms with Crippen LogP contribution in [0, 0.1) is 0 Å². The van der Waals surface area contributed by atoms with Crippen LogP contribution in [0.3, 0.4) is 0 Å². The molecular formula is C12H10Ni. The topological polar surface area (TPSA) is 0 Å². The van der Waals surface area contributed by atoms with Crippen LogP contribution in [0.2, 0.25) is 0 Å². The Labute approximate surface area is 84.4 Å². The van der Waals surface area contributed by atoms with Gasteiger partial charge in [0.05, 0.1) is 0 Å². The van der Waals surface area contributed by atoms with Gasteiger partial charge in [0.2, 0.25) is 0 Å². The SMILES string of the molecule is c1cc[c]([Ni][c]2ccccc2)cc1. The van der Waals surface area contributed by atoms with Crippen molar-refractivity contribution in [1.29, 1.82) is 0 Å². The molecule has 68 valence electrons. The Bertz CT molecular complexity index is 316. The van der Waals surface area contributed by atoms with Gasteiger partial charge >= 0.3 is 84.2 Å². The molecule has 2 aromatic rings. The quantitative estimate of drug-likeness (QED) is 0.666. The summed E-state index contributed by atoms with van der Waals surface area (Å²) < 4.78 is 2.61. The normalized spacial score (nSPS) is 10.2. The van der Waals surface area contributed by atoms with Gasteiger partial charge in [0.15, 0.2) is 0 Å². The Hall–Kier alpha value is -1.07. The fraction of sp³-hybridized carbons (Fsp3) is 0. The van der Waals surface area contributed by atoms with E-state index in [4.69, 9.17) is 0 Å².